The molecule has 2 N–H and O–H groups in total. The van der Waals surface area contributed by atoms with E-state index in [1.165, 1.54) is 0 Å². The van der Waals surface area contributed by atoms with Crippen LogP contribution in [-0.2, 0) is 19.1 Å². The molecule has 29 heavy (non-hydrogen) atoms. The van der Waals surface area contributed by atoms with Crippen LogP contribution < -0.4 is 20.3 Å². The zero-order chi connectivity index (χ0) is 20.6. The minimum Gasteiger partial charge on any atom is -0.485 e. The Hall–Kier alpha value is -3.55. The summed E-state index contributed by atoms with van der Waals surface area (Å²) in [4.78, 5) is 36.3. The molecule has 2 aromatic carbocycles. The Balaban J connectivity index is 1.43. The molecule has 1 aliphatic rings. The molecule has 0 aliphatic carbocycles. The Bertz CT molecular complexity index is 870. The fourth-order valence-electron chi connectivity index (χ4n) is 2.86. The van der Waals surface area contributed by atoms with Gasteiger partial charge in [-0.15, -0.1) is 0 Å². The zero-order valence-electron chi connectivity index (χ0n) is 15.9. The summed E-state index contributed by atoms with van der Waals surface area (Å²) < 4.78 is 16.1. The van der Waals surface area contributed by atoms with E-state index in [1.807, 2.05) is 37.3 Å². The van der Waals surface area contributed by atoms with Crippen molar-refractivity contribution in [1.82, 2.24) is 10.9 Å². The third kappa shape index (κ3) is 5.25. The van der Waals surface area contributed by atoms with Crippen LogP contribution in [0.4, 0.5) is 0 Å². The van der Waals surface area contributed by atoms with Gasteiger partial charge in [0, 0.05) is 0 Å². The predicted molar refractivity (Wildman–Crippen MR) is 103 cm³/mol. The summed E-state index contributed by atoms with van der Waals surface area (Å²) in [6.45, 7) is 1.37. The highest BCUT2D eigenvalue weighted by Gasteiger charge is 2.27. The molecule has 0 fully saturated rings. The molecular formula is C21H22N2O6. The van der Waals surface area contributed by atoms with Crippen molar-refractivity contribution in [1.29, 1.82) is 0 Å². The van der Waals surface area contributed by atoms with E-state index in [2.05, 4.69) is 10.9 Å². The molecule has 3 rings (SSSR count). The second kappa shape index (κ2) is 9.59. The van der Waals surface area contributed by atoms with Gasteiger partial charge >= 0.3 is 5.97 Å². The summed E-state index contributed by atoms with van der Waals surface area (Å²) in [6.07, 6.45) is -0.364. The van der Waals surface area contributed by atoms with Crippen LogP contribution in [0.3, 0.4) is 0 Å². The molecule has 0 bridgehead atoms. The first-order chi connectivity index (χ1) is 14.1. The van der Waals surface area contributed by atoms with Gasteiger partial charge in [0.15, 0.2) is 18.1 Å². The minimum absolute atomic E-state index is 0.0168. The highest BCUT2D eigenvalue weighted by atomic mass is 16.6. The summed E-state index contributed by atoms with van der Waals surface area (Å²) in [5.41, 5.74) is 5.27. The smallest absolute Gasteiger partial charge is 0.313 e. The van der Waals surface area contributed by atoms with Crippen molar-refractivity contribution >= 4 is 17.8 Å². The summed E-state index contributed by atoms with van der Waals surface area (Å²) in [6, 6.07) is 16.2. The van der Waals surface area contributed by atoms with E-state index >= 15 is 0 Å². The third-order valence-electron chi connectivity index (χ3n) is 4.37. The van der Waals surface area contributed by atoms with Crippen molar-refractivity contribution in [3.8, 4) is 11.5 Å². The Morgan fingerprint density at radius 2 is 1.72 bits per heavy atom. The van der Waals surface area contributed by atoms with E-state index < -0.39 is 36.4 Å². The number of esters is 1. The Kier molecular flexibility index (Phi) is 6.67. The quantitative estimate of drug-likeness (QED) is 0.567. The van der Waals surface area contributed by atoms with Gasteiger partial charge in [0.2, 0.25) is 6.10 Å². The average Bonchev–Trinajstić information content (AvgIpc) is 2.77. The standard InChI is InChI=1S/C21H22N2O6/c1-2-15(14-8-4-3-5-9-14)21(26)28-13-19(24)22-23-20(25)18-12-27-16-10-6-7-11-17(16)29-18/h3-11,15,18H,2,12-13H2,1H3,(H,22,24)(H,23,25)/t15-,18+/m1/s1. The summed E-state index contributed by atoms with van der Waals surface area (Å²) >= 11 is 0. The molecule has 2 aromatic rings. The highest BCUT2D eigenvalue weighted by Crippen LogP contribution is 2.30. The fourth-order valence-corrected chi connectivity index (χ4v) is 2.86. The maximum atomic E-state index is 12.3. The van der Waals surface area contributed by atoms with Crippen LogP contribution in [0.5, 0.6) is 11.5 Å². The van der Waals surface area contributed by atoms with Crippen molar-refractivity contribution < 1.29 is 28.6 Å². The van der Waals surface area contributed by atoms with Crippen LogP contribution >= 0.6 is 0 Å². The highest BCUT2D eigenvalue weighted by molar-refractivity contribution is 5.87. The molecule has 8 nitrogen and oxygen atoms in total. The van der Waals surface area contributed by atoms with E-state index in [9.17, 15) is 14.4 Å². The zero-order valence-corrected chi connectivity index (χ0v) is 15.9. The largest absolute Gasteiger partial charge is 0.485 e. The predicted octanol–water partition coefficient (Wildman–Crippen LogP) is 1.71. The third-order valence-corrected chi connectivity index (χ3v) is 4.37. The number of ether oxygens (including phenoxy) is 3. The number of para-hydroxylation sites is 2. The minimum atomic E-state index is -0.907. The van der Waals surface area contributed by atoms with Gasteiger partial charge in [-0.25, -0.2) is 0 Å². The van der Waals surface area contributed by atoms with Gasteiger partial charge in [0.25, 0.3) is 11.8 Å². The van der Waals surface area contributed by atoms with Crippen molar-refractivity contribution in [2.45, 2.75) is 25.4 Å². The molecule has 0 aromatic heterocycles. The molecule has 1 heterocycles. The first-order valence-corrected chi connectivity index (χ1v) is 9.27. The number of benzene rings is 2. The van der Waals surface area contributed by atoms with Crippen LogP contribution in [0, 0.1) is 0 Å². The number of rotatable bonds is 6. The van der Waals surface area contributed by atoms with E-state index in [1.54, 1.807) is 24.3 Å². The van der Waals surface area contributed by atoms with Crippen molar-refractivity contribution in [3.63, 3.8) is 0 Å². The number of hydrogen-bond acceptors (Lipinski definition) is 6. The molecule has 8 heteroatoms. The van der Waals surface area contributed by atoms with Gasteiger partial charge in [0.05, 0.1) is 5.92 Å². The van der Waals surface area contributed by atoms with Crippen LogP contribution in [0.25, 0.3) is 0 Å². The maximum Gasteiger partial charge on any atom is 0.313 e. The lowest BCUT2D eigenvalue weighted by Crippen LogP contribution is -2.51. The number of carbonyl (C=O) groups excluding carboxylic acids is 3. The molecule has 2 amide bonds. The second-order valence-corrected chi connectivity index (χ2v) is 6.38. The monoisotopic (exact) mass is 398 g/mol. The normalized spacial score (nSPS) is 15.7. The average molecular weight is 398 g/mol. The van der Waals surface area contributed by atoms with Gasteiger partial charge < -0.3 is 14.2 Å². The maximum absolute atomic E-state index is 12.3. The molecule has 0 saturated heterocycles. The Morgan fingerprint density at radius 3 is 2.45 bits per heavy atom. The number of hydrogen-bond donors (Lipinski definition) is 2. The van der Waals surface area contributed by atoms with E-state index in [0.29, 0.717) is 17.9 Å². The molecule has 0 unspecified atom stereocenters. The first-order valence-electron chi connectivity index (χ1n) is 9.27. The number of fused-ring (bicyclic) bond motifs is 1. The number of nitrogens with one attached hydrogen (secondary N) is 2. The van der Waals surface area contributed by atoms with Gasteiger partial charge in [-0.05, 0) is 24.1 Å². The second-order valence-electron chi connectivity index (χ2n) is 6.38. The van der Waals surface area contributed by atoms with Gasteiger partial charge in [0.1, 0.15) is 6.61 Å². The molecule has 0 spiro atoms. The number of amides is 2. The Morgan fingerprint density at radius 1 is 1.03 bits per heavy atom. The lowest BCUT2D eigenvalue weighted by molar-refractivity contribution is -0.150. The summed E-state index contributed by atoms with van der Waals surface area (Å²) in [5.74, 6) is -1.18. The number of hydrazine groups is 1. The molecule has 1 aliphatic heterocycles. The lowest BCUT2D eigenvalue weighted by Gasteiger charge is -2.25. The molecule has 0 radical (unpaired) electrons. The van der Waals surface area contributed by atoms with Crippen LogP contribution in [-0.4, -0.2) is 37.1 Å². The van der Waals surface area contributed by atoms with Crippen molar-refractivity contribution in [2.24, 2.45) is 0 Å². The van der Waals surface area contributed by atoms with Crippen molar-refractivity contribution in [2.75, 3.05) is 13.2 Å². The lowest BCUT2D eigenvalue weighted by atomic mass is 9.97. The number of carbonyl (C=O) groups is 3. The van der Waals surface area contributed by atoms with Gasteiger partial charge in [-0.3, -0.25) is 25.2 Å². The first kappa shape index (κ1) is 20.2. The van der Waals surface area contributed by atoms with Crippen LogP contribution in [0.1, 0.15) is 24.8 Å². The topological polar surface area (TPSA) is 103 Å². The fraction of sp³-hybridized carbons (Fsp3) is 0.286. The summed E-state index contributed by atoms with van der Waals surface area (Å²) in [7, 11) is 0. The van der Waals surface area contributed by atoms with E-state index in [0.717, 1.165) is 5.56 Å². The van der Waals surface area contributed by atoms with Crippen LogP contribution in [0.15, 0.2) is 54.6 Å². The molecule has 2 atom stereocenters. The van der Waals surface area contributed by atoms with E-state index in [-0.39, 0.29) is 6.61 Å². The van der Waals surface area contributed by atoms with Gasteiger partial charge in [-0.2, -0.15) is 0 Å². The van der Waals surface area contributed by atoms with E-state index in [4.69, 9.17) is 14.2 Å². The van der Waals surface area contributed by atoms with Crippen molar-refractivity contribution in [3.05, 3.63) is 60.2 Å². The molecule has 152 valence electrons. The molecular weight excluding hydrogens is 376 g/mol. The van der Waals surface area contributed by atoms with Crippen LogP contribution in [0.2, 0.25) is 0 Å². The van der Waals surface area contributed by atoms with Gasteiger partial charge in [-0.1, -0.05) is 49.4 Å². The molecule has 0 saturated carbocycles. The Labute approximate surface area is 168 Å². The SMILES string of the molecule is CC[C@@H](C(=O)OCC(=O)NNC(=O)[C@@H]1COc2ccccc2O1)c1ccccc1. The summed E-state index contributed by atoms with van der Waals surface area (Å²) in [5, 5.41) is 0.